The van der Waals surface area contributed by atoms with E-state index in [0.717, 1.165) is 24.4 Å². The molecule has 19 heavy (non-hydrogen) atoms. The normalized spacial score (nSPS) is 19.0. The lowest BCUT2D eigenvalue weighted by molar-refractivity contribution is 0.0707. The first-order chi connectivity index (χ1) is 9.15. The molecule has 0 spiro atoms. The van der Waals surface area contributed by atoms with Gasteiger partial charge in [0.05, 0.1) is 6.04 Å². The predicted molar refractivity (Wildman–Crippen MR) is 65.7 cm³/mol. The van der Waals surface area contributed by atoms with Gasteiger partial charge in [0.15, 0.2) is 0 Å². The molecular formula is C12H14N4O3. The second-order valence-electron chi connectivity index (χ2n) is 4.63. The van der Waals surface area contributed by atoms with Crippen molar-refractivity contribution in [2.24, 2.45) is 0 Å². The van der Waals surface area contributed by atoms with Crippen LogP contribution in [0, 0.1) is 6.92 Å². The SMILES string of the molecule is Cc1ccc([C@H]2CCCN2C(=O)c2n[nH]c(=O)[nH]2)o1. The molecule has 7 heteroatoms. The Hall–Kier alpha value is -2.31. The molecule has 3 heterocycles. The second kappa shape index (κ2) is 4.42. The van der Waals surface area contributed by atoms with E-state index in [1.165, 1.54) is 0 Å². The van der Waals surface area contributed by atoms with Crippen LogP contribution in [0.2, 0.25) is 0 Å². The first kappa shape index (κ1) is 11.8. The van der Waals surface area contributed by atoms with Crippen LogP contribution >= 0.6 is 0 Å². The Labute approximate surface area is 108 Å². The molecule has 0 saturated carbocycles. The number of aromatic nitrogens is 3. The van der Waals surface area contributed by atoms with E-state index < -0.39 is 5.69 Å². The summed E-state index contributed by atoms with van der Waals surface area (Å²) in [7, 11) is 0. The maximum Gasteiger partial charge on any atom is 0.341 e. The van der Waals surface area contributed by atoms with E-state index in [-0.39, 0.29) is 17.8 Å². The molecule has 0 aromatic carbocycles. The standard InChI is InChI=1S/C12H14N4O3/c1-7-4-5-9(19-7)8-3-2-6-16(8)11(17)10-13-12(18)15-14-10/h4-5,8H,2-3,6H2,1H3,(H2,13,14,15,18)/t8-/m1/s1. The summed E-state index contributed by atoms with van der Waals surface area (Å²) >= 11 is 0. The highest BCUT2D eigenvalue weighted by molar-refractivity contribution is 5.90. The van der Waals surface area contributed by atoms with Crippen LogP contribution in [0.4, 0.5) is 0 Å². The van der Waals surface area contributed by atoms with Gasteiger partial charge in [-0.1, -0.05) is 0 Å². The minimum atomic E-state index is -0.479. The van der Waals surface area contributed by atoms with Gasteiger partial charge >= 0.3 is 5.69 Å². The molecule has 0 unspecified atom stereocenters. The summed E-state index contributed by atoms with van der Waals surface area (Å²) in [4.78, 5) is 27.4. The Morgan fingerprint density at radius 3 is 3.00 bits per heavy atom. The number of hydrogen-bond donors (Lipinski definition) is 2. The first-order valence-electron chi connectivity index (χ1n) is 6.17. The van der Waals surface area contributed by atoms with Gasteiger partial charge in [-0.3, -0.25) is 9.78 Å². The van der Waals surface area contributed by atoms with E-state index in [0.29, 0.717) is 6.54 Å². The Bertz CT molecular complexity index is 654. The van der Waals surface area contributed by atoms with Crippen LogP contribution in [0.5, 0.6) is 0 Å². The zero-order chi connectivity index (χ0) is 13.4. The largest absolute Gasteiger partial charge is 0.464 e. The van der Waals surface area contributed by atoms with Crippen molar-refractivity contribution in [1.82, 2.24) is 20.1 Å². The summed E-state index contributed by atoms with van der Waals surface area (Å²) in [6, 6.07) is 3.69. The maximum absolute atomic E-state index is 12.3. The van der Waals surface area contributed by atoms with Crippen LogP contribution in [0.25, 0.3) is 0 Å². The van der Waals surface area contributed by atoms with Crippen molar-refractivity contribution in [3.63, 3.8) is 0 Å². The lowest BCUT2D eigenvalue weighted by Gasteiger charge is -2.21. The van der Waals surface area contributed by atoms with Crippen molar-refractivity contribution >= 4 is 5.91 Å². The number of carbonyl (C=O) groups excluding carboxylic acids is 1. The lowest BCUT2D eigenvalue weighted by Crippen LogP contribution is -2.31. The average molecular weight is 262 g/mol. The predicted octanol–water partition coefficient (Wildman–Crippen LogP) is 0.977. The number of aryl methyl sites for hydroxylation is 1. The molecule has 0 aliphatic carbocycles. The number of nitrogens with zero attached hydrogens (tertiary/aromatic N) is 2. The summed E-state index contributed by atoms with van der Waals surface area (Å²) in [5.74, 6) is 1.36. The van der Waals surface area contributed by atoms with Gasteiger partial charge in [-0.05, 0) is 31.9 Å². The topological polar surface area (TPSA) is 95.0 Å². The van der Waals surface area contributed by atoms with Crippen LogP contribution in [-0.2, 0) is 0 Å². The van der Waals surface area contributed by atoms with E-state index >= 15 is 0 Å². The van der Waals surface area contributed by atoms with Gasteiger partial charge in [0, 0.05) is 6.54 Å². The molecule has 1 fully saturated rings. The zero-order valence-electron chi connectivity index (χ0n) is 10.5. The van der Waals surface area contributed by atoms with Crippen molar-refractivity contribution in [2.75, 3.05) is 6.54 Å². The van der Waals surface area contributed by atoms with Gasteiger partial charge in [-0.2, -0.15) is 0 Å². The number of hydrogen-bond acceptors (Lipinski definition) is 4. The Morgan fingerprint density at radius 2 is 2.37 bits per heavy atom. The van der Waals surface area contributed by atoms with Crippen LogP contribution in [0.3, 0.4) is 0 Å². The molecule has 3 rings (SSSR count). The monoisotopic (exact) mass is 262 g/mol. The molecule has 0 bridgehead atoms. The van der Waals surface area contributed by atoms with E-state index in [1.54, 1.807) is 4.90 Å². The number of aromatic amines is 2. The number of amides is 1. The van der Waals surface area contributed by atoms with E-state index in [1.807, 2.05) is 19.1 Å². The van der Waals surface area contributed by atoms with Crippen molar-refractivity contribution < 1.29 is 9.21 Å². The molecule has 0 radical (unpaired) electrons. The average Bonchev–Trinajstić information content (AvgIpc) is 3.07. The molecule has 1 amide bonds. The zero-order valence-corrected chi connectivity index (χ0v) is 10.5. The number of likely N-dealkylation sites (tertiary alicyclic amines) is 1. The number of rotatable bonds is 2. The Balaban J connectivity index is 1.87. The summed E-state index contributed by atoms with van der Waals surface area (Å²) in [6.45, 7) is 2.51. The summed E-state index contributed by atoms with van der Waals surface area (Å²) in [5, 5.41) is 5.88. The fourth-order valence-electron chi connectivity index (χ4n) is 2.45. The van der Waals surface area contributed by atoms with Crippen molar-refractivity contribution in [1.29, 1.82) is 0 Å². The Kier molecular flexibility index (Phi) is 2.73. The van der Waals surface area contributed by atoms with E-state index in [4.69, 9.17) is 4.42 Å². The minimum Gasteiger partial charge on any atom is -0.464 e. The quantitative estimate of drug-likeness (QED) is 0.843. The number of furan rings is 1. The third-order valence-corrected chi connectivity index (χ3v) is 3.31. The van der Waals surface area contributed by atoms with Gasteiger partial charge in [-0.25, -0.2) is 9.89 Å². The van der Waals surface area contributed by atoms with Crippen LogP contribution in [0.1, 0.15) is 41.0 Å². The number of carbonyl (C=O) groups is 1. The van der Waals surface area contributed by atoms with E-state index in [2.05, 4.69) is 15.2 Å². The molecule has 7 nitrogen and oxygen atoms in total. The molecule has 1 aliphatic heterocycles. The maximum atomic E-state index is 12.3. The molecule has 2 N–H and O–H groups in total. The number of H-pyrrole nitrogens is 2. The minimum absolute atomic E-state index is 0.0418. The molecule has 2 aromatic rings. The highest BCUT2D eigenvalue weighted by atomic mass is 16.3. The highest BCUT2D eigenvalue weighted by Gasteiger charge is 2.33. The lowest BCUT2D eigenvalue weighted by atomic mass is 10.1. The van der Waals surface area contributed by atoms with Gasteiger partial charge < -0.3 is 9.32 Å². The molecule has 1 saturated heterocycles. The third-order valence-electron chi connectivity index (χ3n) is 3.31. The molecule has 1 aliphatic rings. The smallest absolute Gasteiger partial charge is 0.341 e. The fraction of sp³-hybridized carbons (Fsp3) is 0.417. The Morgan fingerprint density at radius 1 is 1.53 bits per heavy atom. The highest BCUT2D eigenvalue weighted by Crippen LogP contribution is 2.33. The molecular weight excluding hydrogens is 248 g/mol. The summed E-state index contributed by atoms with van der Waals surface area (Å²) in [6.07, 6.45) is 1.76. The van der Waals surface area contributed by atoms with Crippen LogP contribution in [-0.4, -0.2) is 32.5 Å². The van der Waals surface area contributed by atoms with Gasteiger partial charge in [0.2, 0.25) is 5.82 Å². The summed E-state index contributed by atoms with van der Waals surface area (Å²) < 4.78 is 5.59. The van der Waals surface area contributed by atoms with E-state index in [9.17, 15) is 9.59 Å². The molecule has 100 valence electrons. The van der Waals surface area contributed by atoms with Crippen LogP contribution in [0.15, 0.2) is 21.3 Å². The van der Waals surface area contributed by atoms with Gasteiger partial charge in [0.1, 0.15) is 11.5 Å². The summed E-state index contributed by atoms with van der Waals surface area (Å²) in [5.41, 5.74) is -0.479. The van der Waals surface area contributed by atoms with Gasteiger partial charge in [0.25, 0.3) is 5.91 Å². The molecule has 2 aromatic heterocycles. The van der Waals surface area contributed by atoms with Crippen molar-refractivity contribution in [3.05, 3.63) is 40.0 Å². The van der Waals surface area contributed by atoms with Crippen molar-refractivity contribution in [3.8, 4) is 0 Å². The molecule has 1 atom stereocenters. The van der Waals surface area contributed by atoms with Crippen molar-refractivity contribution in [2.45, 2.75) is 25.8 Å². The van der Waals surface area contributed by atoms with Gasteiger partial charge in [-0.15, -0.1) is 5.10 Å². The third kappa shape index (κ3) is 2.07. The number of nitrogens with one attached hydrogen (secondary N) is 2. The first-order valence-corrected chi connectivity index (χ1v) is 6.17. The van der Waals surface area contributed by atoms with Crippen LogP contribution < -0.4 is 5.69 Å². The second-order valence-corrected chi connectivity index (χ2v) is 4.63. The fourth-order valence-corrected chi connectivity index (χ4v) is 2.45.